The molecule has 0 amide bonds. The van der Waals surface area contributed by atoms with E-state index in [1.165, 1.54) is 77.5 Å². The molecule has 92 heavy (non-hydrogen) atoms. The Hall–Kier alpha value is -11.4. The molecule has 436 valence electrons. The number of nitrogens with two attached hydrogens (primary N) is 1. The van der Waals surface area contributed by atoms with Crippen LogP contribution in [-0.2, 0) is 10.8 Å². The molecule has 3 aromatic heterocycles. The smallest absolute Gasteiger partial charge is 0.137 e. The number of hydrogen-bond acceptors (Lipinski definition) is 5. The largest absolute Gasteiger partial charge is 0.456 e. The third-order valence-electron chi connectivity index (χ3n) is 18.8. The zero-order valence-corrected chi connectivity index (χ0v) is 51.5. The number of rotatable bonds is 7. The van der Waals surface area contributed by atoms with Crippen molar-refractivity contribution in [3.05, 3.63) is 383 Å². The molecule has 0 aliphatic heterocycles. The van der Waals surface area contributed by atoms with Crippen LogP contribution in [0.3, 0.4) is 0 Å². The van der Waals surface area contributed by atoms with Gasteiger partial charge in [-0.1, -0.05) is 253 Å². The van der Waals surface area contributed by atoms with Gasteiger partial charge >= 0.3 is 0 Å². The first-order valence-corrected chi connectivity index (χ1v) is 31.9. The van der Waals surface area contributed by atoms with Gasteiger partial charge in [0.15, 0.2) is 0 Å². The van der Waals surface area contributed by atoms with Gasteiger partial charge in [-0.15, -0.1) is 0 Å². The number of fused-ring (bicyclic) bond motifs is 15. The number of para-hydroxylation sites is 3. The number of anilines is 4. The molecule has 0 atom stereocenters. The third kappa shape index (κ3) is 8.74. The first kappa shape index (κ1) is 54.7. The lowest BCUT2D eigenvalue weighted by atomic mass is 9.68. The fraction of sp³-hybridized carbons (Fsp3) is 0.0233. The Morgan fingerprint density at radius 3 is 0.946 bits per heavy atom. The van der Waals surface area contributed by atoms with Gasteiger partial charge in [-0.25, -0.2) is 0 Å². The van der Waals surface area contributed by atoms with Crippen LogP contribution >= 0.6 is 15.9 Å². The summed E-state index contributed by atoms with van der Waals surface area (Å²) in [6.07, 6.45) is 0. The van der Waals surface area contributed by atoms with Gasteiger partial charge in [0, 0.05) is 71.7 Å². The monoisotopic (exact) mass is 1240 g/mol. The number of furan rings is 3. The lowest BCUT2D eigenvalue weighted by molar-refractivity contribution is 0.668. The van der Waals surface area contributed by atoms with Gasteiger partial charge < -0.3 is 23.9 Å². The minimum absolute atomic E-state index is 0.317. The van der Waals surface area contributed by atoms with Crippen LogP contribution in [0.1, 0.15) is 44.5 Å². The quantitative estimate of drug-likeness (QED) is 0.161. The van der Waals surface area contributed by atoms with Gasteiger partial charge in [-0.3, -0.25) is 0 Å². The highest BCUT2D eigenvalue weighted by Gasteiger charge is 2.47. The van der Waals surface area contributed by atoms with E-state index in [1.54, 1.807) is 0 Å². The molecule has 19 rings (SSSR count). The molecule has 2 aliphatic rings. The molecule has 3 heterocycles. The standard InChI is InChI=1S/C49H31NO2.C25H19N.C12H7BrO/c1-2-12-32(13-3-1)49(43-18-8-4-14-37(43)38-15-5-9-19-44(38)49)33-22-24-34(25-23-33)50(35-26-28-41-39-16-6-10-20-45(39)51-47(41)30-35)36-27-29-42-40-17-7-11-21-46(40)52-48(42)31-36;26-20-16-14-19(15-17-20)25(18-8-2-1-3-9-18)23-12-6-4-10-21(23)22-11-5-7-13-24(22)25;13-8-5-6-10-9-3-1-2-4-11(9)14-12(10)7-8/h1-31H;1-17H,26H2;1-7H. The molecule has 2 N–H and O–H groups in total. The molecule has 0 fully saturated rings. The second kappa shape index (κ2) is 22.2. The molecule has 2 aliphatic carbocycles. The molecule has 14 aromatic carbocycles. The second-order valence-electron chi connectivity index (χ2n) is 23.7. The minimum Gasteiger partial charge on any atom is -0.456 e. The second-order valence-corrected chi connectivity index (χ2v) is 24.6. The Balaban J connectivity index is 0.000000133. The van der Waals surface area contributed by atoms with Crippen molar-refractivity contribution in [3.8, 4) is 22.3 Å². The Kier molecular flexibility index (Phi) is 13.2. The summed E-state index contributed by atoms with van der Waals surface area (Å²) in [4.78, 5) is 2.30. The number of hydrogen-bond donors (Lipinski definition) is 1. The maximum atomic E-state index is 6.40. The van der Waals surface area contributed by atoms with E-state index in [0.29, 0.717) is 0 Å². The molecule has 0 saturated heterocycles. The summed E-state index contributed by atoms with van der Waals surface area (Å²) in [7, 11) is 0. The maximum absolute atomic E-state index is 6.40. The zero-order valence-electron chi connectivity index (χ0n) is 49.9. The molecule has 17 aromatic rings. The topological polar surface area (TPSA) is 68.7 Å². The summed E-state index contributed by atoms with van der Waals surface area (Å²) in [5.41, 5.74) is 29.9. The Morgan fingerprint density at radius 1 is 0.250 bits per heavy atom. The van der Waals surface area contributed by atoms with E-state index in [4.69, 9.17) is 19.0 Å². The number of nitrogens with zero attached hydrogens (tertiary/aromatic N) is 1. The molecular formula is C86H57BrN2O3. The highest BCUT2D eigenvalue weighted by Crippen LogP contribution is 2.58. The van der Waals surface area contributed by atoms with Crippen molar-refractivity contribution in [1.82, 2.24) is 0 Å². The van der Waals surface area contributed by atoms with Gasteiger partial charge in [0.05, 0.1) is 10.8 Å². The van der Waals surface area contributed by atoms with E-state index in [2.05, 4.69) is 288 Å². The molecule has 5 nitrogen and oxygen atoms in total. The van der Waals surface area contributed by atoms with Crippen LogP contribution in [0, 0.1) is 0 Å². The van der Waals surface area contributed by atoms with E-state index < -0.39 is 5.41 Å². The van der Waals surface area contributed by atoms with E-state index >= 15 is 0 Å². The van der Waals surface area contributed by atoms with E-state index in [0.717, 1.165) is 82.3 Å². The summed E-state index contributed by atoms with van der Waals surface area (Å²) >= 11 is 3.43. The van der Waals surface area contributed by atoms with Gasteiger partial charge in [0.25, 0.3) is 0 Å². The summed E-state index contributed by atoms with van der Waals surface area (Å²) in [5, 5.41) is 6.79. The van der Waals surface area contributed by atoms with Gasteiger partial charge in [0.2, 0.25) is 0 Å². The Morgan fingerprint density at radius 2 is 0.543 bits per heavy atom. The predicted octanol–water partition coefficient (Wildman–Crippen LogP) is 23.3. The Bertz CT molecular complexity index is 5420. The highest BCUT2D eigenvalue weighted by molar-refractivity contribution is 9.10. The fourth-order valence-corrected chi connectivity index (χ4v) is 15.2. The summed E-state index contributed by atoms with van der Waals surface area (Å²) in [5.74, 6) is 0. The molecule has 0 saturated carbocycles. The van der Waals surface area contributed by atoms with Crippen molar-refractivity contribution in [1.29, 1.82) is 0 Å². The SMILES string of the molecule is Brc1ccc2c(c1)oc1ccccc12.Nc1ccc(C2(c3ccccc3)c3ccccc3-c3ccccc32)cc1.c1ccc(C2(c3ccc(N(c4ccc5c(c4)oc4ccccc45)c4ccc5c(c4)oc4ccccc45)cc3)c3ccccc3-c3ccccc32)cc1. The van der Waals surface area contributed by atoms with Gasteiger partial charge in [0.1, 0.15) is 33.5 Å². The van der Waals surface area contributed by atoms with Crippen molar-refractivity contribution in [3.63, 3.8) is 0 Å². The molecule has 0 unspecified atom stereocenters. The van der Waals surface area contributed by atoms with Crippen molar-refractivity contribution < 1.29 is 13.3 Å². The fourth-order valence-electron chi connectivity index (χ4n) is 14.9. The first-order valence-electron chi connectivity index (χ1n) is 31.1. The Labute approximate surface area is 540 Å². The summed E-state index contributed by atoms with van der Waals surface area (Å²) < 4.78 is 19.5. The van der Waals surface area contributed by atoms with Crippen LogP contribution in [0.15, 0.2) is 351 Å². The zero-order chi connectivity index (χ0) is 61.3. The van der Waals surface area contributed by atoms with Crippen LogP contribution in [0.2, 0.25) is 0 Å². The van der Waals surface area contributed by atoms with Crippen molar-refractivity contribution >= 4 is 104 Å². The first-order chi connectivity index (χ1) is 45.4. The van der Waals surface area contributed by atoms with Crippen LogP contribution in [0.5, 0.6) is 0 Å². The number of benzene rings is 14. The minimum atomic E-state index is -0.460. The lowest BCUT2D eigenvalue weighted by Gasteiger charge is -2.34. The van der Waals surface area contributed by atoms with Crippen LogP contribution in [0.4, 0.5) is 22.7 Å². The van der Waals surface area contributed by atoms with Crippen LogP contribution < -0.4 is 10.6 Å². The van der Waals surface area contributed by atoms with E-state index in [9.17, 15) is 0 Å². The maximum Gasteiger partial charge on any atom is 0.137 e. The van der Waals surface area contributed by atoms with Crippen molar-refractivity contribution in [2.24, 2.45) is 0 Å². The summed E-state index contributed by atoms with van der Waals surface area (Å²) in [6, 6.07) is 118. The van der Waals surface area contributed by atoms with Crippen LogP contribution in [-0.4, -0.2) is 0 Å². The normalized spacial score (nSPS) is 13.1. The summed E-state index contributed by atoms with van der Waals surface area (Å²) in [6.45, 7) is 0. The van der Waals surface area contributed by atoms with E-state index in [1.807, 2.05) is 66.7 Å². The van der Waals surface area contributed by atoms with Crippen molar-refractivity contribution in [2.75, 3.05) is 10.6 Å². The number of nitrogen functional groups attached to an aromatic ring is 1. The van der Waals surface area contributed by atoms with Gasteiger partial charge in [-0.2, -0.15) is 0 Å². The molecule has 0 spiro atoms. The van der Waals surface area contributed by atoms with Crippen molar-refractivity contribution in [2.45, 2.75) is 10.8 Å². The van der Waals surface area contributed by atoms with Gasteiger partial charge in [-0.05, 0) is 152 Å². The molecule has 6 heteroatoms. The third-order valence-corrected chi connectivity index (χ3v) is 19.3. The van der Waals surface area contributed by atoms with E-state index in [-0.39, 0.29) is 5.41 Å². The molecular weight excluding hydrogens is 1190 g/mol. The average molecular weight is 1250 g/mol. The average Bonchev–Trinajstić information content (AvgIpc) is 1.48. The molecule has 0 bridgehead atoms. The molecule has 0 radical (unpaired) electrons. The number of halogens is 1. The van der Waals surface area contributed by atoms with Crippen LogP contribution in [0.25, 0.3) is 88.1 Å². The highest BCUT2D eigenvalue weighted by atomic mass is 79.9. The predicted molar refractivity (Wildman–Crippen MR) is 383 cm³/mol. The lowest BCUT2D eigenvalue weighted by Crippen LogP contribution is -2.28.